The topological polar surface area (TPSA) is 138 Å². The lowest BCUT2D eigenvalue weighted by Gasteiger charge is -2.11. The van der Waals surface area contributed by atoms with Crippen LogP contribution < -0.4 is 15.8 Å². The van der Waals surface area contributed by atoms with Crippen molar-refractivity contribution in [2.45, 2.75) is 20.0 Å². The Hall–Kier alpha value is -4.17. The Morgan fingerprint density at radius 3 is 2.56 bits per heavy atom. The Morgan fingerprint density at radius 1 is 1.23 bits per heavy atom. The maximum Gasteiger partial charge on any atom is 0.433 e. The zero-order valence-corrected chi connectivity index (χ0v) is 22.0. The standard InChI is InChI=1S/C24H19ClF3N5O5S/c1-4-38-23(36)15-10(2)18(19(29)34)39-22(15)31-21(35)17-16(25)20-30-13(11-6-5-7-12(8-11)37-3)9-14(24(26,27)28)33(20)32-17/h5-9H,4H2,1-3H3,(H2,29,34)(H,31,35). The van der Waals surface area contributed by atoms with E-state index in [1.807, 2.05) is 0 Å². The summed E-state index contributed by atoms with van der Waals surface area (Å²) in [5.41, 5.74) is 3.37. The van der Waals surface area contributed by atoms with Gasteiger partial charge < -0.3 is 20.5 Å². The maximum absolute atomic E-state index is 14.0. The van der Waals surface area contributed by atoms with Crippen molar-refractivity contribution in [3.8, 4) is 17.0 Å². The highest BCUT2D eigenvalue weighted by Crippen LogP contribution is 2.37. The lowest BCUT2D eigenvalue weighted by molar-refractivity contribution is -0.142. The van der Waals surface area contributed by atoms with Crippen LogP contribution in [-0.2, 0) is 10.9 Å². The normalized spacial score (nSPS) is 11.5. The van der Waals surface area contributed by atoms with Crippen LogP contribution in [0, 0.1) is 6.92 Å². The molecule has 15 heteroatoms. The van der Waals surface area contributed by atoms with Crippen LogP contribution in [0.4, 0.5) is 18.2 Å². The Labute approximate surface area is 227 Å². The van der Waals surface area contributed by atoms with E-state index in [0.29, 0.717) is 27.2 Å². The number of primary amides is 1. The van der Waals surface area contributed by atoms with E-state index in [4.69, 9.17) is 26.8 Å². The first-order chi connectivity index (χ1) is 18.4. The maximum atomic E-state index is 14.0. The van der Waals surface area contributed by atoms with E-state index >= 15 is 0 Å². The highest BCUT2D eigenvalue weighted by atomic mass is 35.5. The van der Waals surface area contributed by atoms with Crippen LogP contribution in [0.3, 0.4) is 0 Å². The molecule has 0 atom stereocenters. The predicted octanol–water partition coefficient (Wildman–Crippen LogP) is 4.97. The van der Waals surface area contributed by atoms with Gasteiger partial charge in [-0.2, -0.15) is 18.3 Å². The third-order valence-corrected chi connectivity index (χ3v) is 7.05. The number of benzene rings is 1. The predicted molar refractivity (Wildman–Crippen MR) is 136 cm³/mol. The molecular formula is C24H19ClF3N5O5S. The Morgan fingerprint density at radius 2 is 1.95 bits per heavy atom. The average Bonchev–Trinajstić information content (AvgIpc) is 3.39. The minimum Gasteiger partial charge on any atom is -0.497 e. The fourth-order valence-electron chi connectivity index (χ4n) is 3.72. The number of carbonyl (C=O) groups excluding carboxylic acids is 3. The quantitative estimate of drug-likeness (QED) is 0.294. The molecule has 204 valence electrons. The van der Waals surface area contributed by atoms with Crippen molar-refractivity contribution in [2.75, 3.05) is 19.0 Å². The largest absolute Gasteiger partial charge is 0.497 e. The summed E-state index contributed by atoms with van der Waals surface area (Å²) in [5, 5.41) is 5.59. The van der Waals surface area contributed by atoms with Gasteiger partial charge in [-0.25, -0.2) is 14.3 Å². The van der Waals surface area contributed by atoms with E-state index in [1.165, 1.54) is 26.2 Å². The number of nitrogens with one attached hydrogen (secondary N) is 1. The molecule has 3 aromatic heterocycles. The summed E-state index contributed by atoms with van der Waals surface area (Å²) in [4.78, 5) is 41.7. The Kier molecular flexibility index (Phi) is 7.52. The number of halogens is 4. The molecule has 0 saturated heterocycles. The van der Waals surface area contributed by atoms with Gasteiger partial charge in [0.1, 0.15) is 15.8 Å². The second kappa shape index (κ2) is 10.5. The number of alkyl halides is 3. The van der Waals surface area contributed by atoms with Crippen LogP contribution in [-0.4, -0.2) is 46.1 Å². The number of anilines is 1. The molecule has 0 aliphatic carbocycles. The van der Waals surface area contributed by atoms with E-state index in [9.17, 15) is 27.6 Å². The van der Waals surface area contributed by atoms with Gasteiger partial charge in [0.15, 0.2) is 17.0 Å². The van der Waals surface area contributed by atoms with E-state index < -0.39 is 46.0 Å². The third-order valence-electron chi connectivity index (χ3n) is 5.48. The lowest BCUT2D eigenvalue weighted by atomic mass is 10.1. The zero-order valence-electron chi connectivity index (χ0n) is 20.5. The number of fused-ring (bicyclic) bond motifs is 1. The first kappa shape index (κ1) is 27.9. The summed E-state index contributed by atoms with van der Waals surface area (Å²) in [5.74, 6) is -2.34. The van der Waals surface area contributed by atoms with Crippen LogP contribution in [0.2, 0.25) is 5.02 Å². The Bertz CT molecular complexity index is 1630. The fourth-order valence-corrected chi connectivity index (χ4v) is 5.00. The van der Waals surface area contributed by atoms with Gasteiger partial charge in [-0.3, -0.25) is 9.59 Å². The number of esters is 1. The first-order valence-corrected chi connectivity index (χ1v) is 12.3. The smallest absolute Gasteiger partial charge is 0.433 e. The van der Waals surface area contributed by atoms with Gasteiger partial charge in [-0.15, -0.1) is 11.3 Å². The molecule has 4 rings (SSSR count). The summed E-state index contributed by atoms with van der Waals surface area (Å²) < 4.78 is 52.7. The van der Waals surface area contributed by atoms with E-state index in [1.54, 1.807) is 19.1 Å². The van der Waals surface area contributed by atoms with Gasteiger partial charge in [0.25, 0.3) is 11.8 Å². The first-order valence-electron chi connectivity index (χ1n) is 11.1. The van der Waals surface area contributed by atoms with Crippen LogP contribution >= 0.6 is 22.9 Å². The number of nitrogens with two attached hydrogens (primary N) is 1. The molecule has 0 unspecified atom stereocenters. The van der Waals surface area contributed by atoms with Crippen molar-refractivity contribution in [3.63, 3.8) is 0 Å². The zero-order chi connectivity index (χ0) is 28.6. The molecule has 3 heterocycles. The average molecular weight is 582 g/mol. The molecule has 10 nitrogen and oxygen atoms in total. The number of hydrogen-bond donors (Lipinski definition) is 2. The minimum atomic E-state index is -4.89. The summed E-state index contributed by atoms with van der Waals surface area (Å²) in [7, 11) is 1.41. The lowest BCUT2D eigenvalue weighted by Crippen LogP contribution is -2.17. The van der Waals surface area contributed by atoms with Gasteiger partial charge in [-0.1, -0.05) is 23.7 Å². The van der Waals surface area contributed by atoms with E-state index in [0.717, 1.165) is 6.07 Å². The third kappa shape index (κ3) is 5.25. The van der Waals surface area contributed by atoms with E-state index in [2.05, 4.69) is 15.4 Å². The van der Waals surface area contributed by atoms with Crippen molar-refractivity contribution >= 4 is 51.4 Å². The van der Waals surface area contributed by atoms with Crippen molar-refractivity contribution in [2.24, 2.45) is 5.73 Å². The number of ether oxygens (including phenoxy) is 2. The molecule has 0 bridgehead atoms. The fraction of sp³-hybridized carbons (Fsp3) is 0.208. The molecule has 4 aromatic rings. The molecule has 2 amide bonds. The molecule has 0 fully saturated rings. The van der Waals surface area contributed by atoms with Crippen LogP contribution in [0.5, 0.6) is 5.75 Å². The molecule has 0 aliphatic rings. The molecule has 39 heavy (non-hydrogen) atoms. The number of aromatic nitrogens is 3. The Balaban J connectivity index is 1.84. The minimum absolute atomic E-state index is 0.00713. The highest BCUT2D eigenvalue weighted by molar-refractivity contribution is 7.18. The SMILES string of the molecule is CCOC(=O)c1c(NC(=O)c2nn3c(C(F)(F)F)cc(-c4cccc(OC)c4)nc3c2Cl)sc(C(N)=O)c1C. The molecule has 0 spiro atoms. The molecule has 0 aliphatic heterocycles. The summed E-state index contributed by atoms with van der Waals surface area (Å²) in [6, 6.07) is 6.98. The van der Waals surface area contributed by atoms with Gasteiger partial charge in [0, 0.05) is 5.56 Å². The number of methoxy groups -OCH3 is 1. The van der Waals surface area contributed by atoms with Gasteiger partial charge in [0.05, 0.1) is 29.9 Å². The second-order valence-electron chi connectivity index (χ2n) is 7.95. The number of carbonyl (C=O) groups is 3. The number of rotatable bonds is 7. The summed E-state index contributed by atoms with van der Waals surface area (Å²) >= 11 is 7.04. The van der Waals surface area contributed by atoms with Crippen LogP contribution in [0.25, 0.3) is 16.9 Å². The highest BCUT2D eigenvalue weighted by Gasteiger charge is 2.37. The van der Waals surface area contributed by atoms with Crippen LogP contribution in [0.15, 0.2) is 30.3 Å². The molecule has 3 N–H and O–H groups in total. The number of nitrogens with zero attached hydrogens (tertiary/aromatic N) is 3. The van der Waals surface area contributed by atoms with Crippen molar-refractivity contribution in [1.29, 1.82) is 0 Å². The monoisotopic (exact) mass is 581 g/mol. The van der Waals surface area contributed by atoms with Gasteiger partial charge >= 0.3 is 12.1 Å². The number of hydrogen-bond acceptors (Lipinski definition) is 8. The van der Waals surface area contributed by atoms with E-state index in [-0.39, 0.29) is 33.3 Å². The summed E-state index contributed by atoms with van der Waals surface area (Å²) in [6.07, 6.45) is -4.89. The van der Waals surface area contributed by atoms with Crippen molar-refractivity contribution in [3.05, 3.63) is 62.7 Å². The number of thiophene rings is 1. The number of amides is 2. The van der Waals surface area contributed by atoms with Gasteiger partial charge in [-0.05, 0) is 37.6 Å². The summed E-state index contributed by atoms with van der Waals surface area (Å²) in [6.45, 7) is 3.01. The second-order valence-corrected chi connectivity index (χ2v) is 9.35. The molecular weight excluding hydrogens is 563 g/mol. The molecule has 0 radical (unpaired) electrons. The van der Waals surface area contributed by atoms with Crippen LogP contribution in [0.1, 0.15) is 48.7 Å². The molecule has 1 aromatic carbocycles. The molecule has 0 saturated carbocycles. The van der Waals surface area contributed by atoms with Gasteiger partial charge in [0.2, 0.25) is 0 Å². The van der Waals surface area contributed by atoms with Crippen molar-refractivity contribution in [1.82, 2.24) is 14.6 Å². The van der Waals surface area contributed by atoms with Crippen molar-refractivity contribution < 1.29 is 37.0 Å².